The van der Waals surface area contributed by atoms with Gasteiger partial charge in [0.05, 0.1) is 13.5 Å². The van der Waals surface area contributed by atoms with Gasteiger partial charge in [0, 0.05) is 12.0 Å². The molecule has 0 saturated heterocycles. The molecule has 1 aliphatic rings. The molecule has 0 aromatic heterocycles. The number of methoxy groups -OCH3 is 1. The van der Waals surface area contributed by atoms with E-state index in [0.29, 0.717) is 25.5 Å². The van der Waals surface area contributed by atoms with Crippen molar-refractivity contribution in [3.63, 3.8) is 0 Å². The van der Waals surface area contributed by atoms with Gasteiger partial charge in [0.1, 0.15) is 13.2 Å². The van der Waals surface area contributed by atoms with Gasteiger partial charge in [0.15, 0.2) is 11.5 Å². The summed E-state index contributed by atoms with van der Waals surface area (Å²) < 4.78 is 15.8. The maximum atomic E-state index is 11.5. The van der Waals surface area contributed by atoms with Gasteiger partial charge in [-0.1, -0.05) is 13.0 Å². The van der Waals surface area contributed by atoms with E-state index in [2.05, 4.69) is 0 Å². The van der Waals surface area contributed by atoms with Crippen LogP contribution in [0.4, 0.5) is 0 Å². The van der Waals surface area contributed by atoms with Crippen molar-refractivity contribution in [2.75, 3.05) is 26.9 Å². The lowest BCUT2D eigenvalue weighted by Gasteiger charge is -2.29. The minimum Gasteiger partial charge on any atom is -0.486 e. The zero-order chi connectivity index (χ0) is 13.9. The third-order valence-corrected chi connectivity index (χ3v) is 3.45. The second-order valence-electron chi connectivity index (χ2n) is 4.88. The second-order valence-corrected chi connectivity index (χ2v) is 4.88. The summed E-state index contributed by atoms with van der Waals surface area (Å²) >= 11 is 0. The number of ether oxygens (including phenoxy) is 3. The summed E-state index contributed by atoms with van der Waals surface area (Å²) in [6.07, 6.45) is 0.236. The van der Waals surface area contributed by atoms with Crippen LogP contribution in [-0.4, -0.2) is 32.8 Å². The zero-order valence-corrected chi connectivity index (χ0v) is 11.3. The minimum absolute atomic E-state index is 0.236. The summed E-state index contributed by atoms with van der Waals surface area (Å²) in [5.74, 6) is 1.16. The van der Waals surface area contributed by atoms with Crippen molar-refractivity contribution in [1.29, 1.82) is 0 Å². The Kier molecular flexibility index (Phi) is 3.95. The van der Waals surface area contributed by atoms with E-state index >= 15 is 0 Å². The van der Waals surface area contributed by atoms with Gasteiger partial charge in [-0.05, 0) is 17.7 Å². The van der Waals surface area contributed by atoms with Gasteiger partial charge in [0.2, 0.25) is 0 Å². The van der Waals surface area contributed by atoms with Crippen LogP contribution in [0.5, 0.6) is 11.5 Å². The van der Waals surface area contributed by atoms with E-state index < -0.39 is 5.41 Å². The van der Waals surface area contributed by atoms with Crippen molar-refractivity contribution in [3.8, 4) is 11.5 Å². The van der Waals surface area contributed by atoms with E-state index in [0.717, 1.165) is 11.3 Å². The number of carbonyl (C=O) groups is 1. The monoisotopic (exact) mass is 265 g/mol. The Labute approximate surface area is 112 Å². The number of nitrogens with two attached hydrogens (primary N) is 1. The zero-order valence-electron chi connectivity index (χ0n) is 11.3. The largest absolute Gasteiger partial charge is 0.486 e. The molecule has 0 radical (unpaired) electrons. The molecule has 0 fully saturated rings. The molecular formula is C14H19NO4. The van der Waals surface area contributed by atoms with Crippen LogP contribution in [0.15, 0.2) is 18.2 Å². The van der Waals surface area contributed by atoms with Crippen LogP contribution in [0.3, 0.4) is 0 Å². The molecule has 5 heteroatoms. The third-order valence-electron chi connectivity index (χ3n) is 3.45. The van der Waals surface area contributed by atoms with Crippen molar-refractivity contribution >= 4 is 5.97 Å². The van der Waals surface area contributed by atoms with E-state index in [1.165, 1.54) is 7.11 Å². The van der Waals surface area contributed by atoms with Crippen molar-refractivity contribution in [1.82, 2.24) is 0 Å². The molecule has 0 amide bonds. The molecule has 1 aliphatic heterocycles. The number of fused-ring (bicyclic) bond motifs is 1. The van der Waals surface area contributed by atoms with Crippen LogP contribution in [0.25, 0.3) is 0 Å². The first kappa shape index (κ1) is 13.7. The van der Waals surface area contributed by atoms with Gasteiger partial charge in [-0.15, -0.1) is 0 Å². The molecule has 1 aromatic carbocycles. The highest BCUT2D eigenvalue weighted by molar-refractivity contribution is 5.71. The summed E-state index contributed by atoms with van der Waals surface area (Å²) in [4.78, 5) is 11.5. The first-order valence-electron chi connectivity index (χ1n) is 6.26. The Morgan fingerprint density at radius 2 is 2.05 bits per heavy atom. The average Bonchev–Trinajstić information content (AvgIpc) is 2.46. The third kappa shape index (κ3) is 2.81. The molecule has 19 heavy (non-hydrogen) atoms. The number of rotatable bonds is 4. The molecule has 0 aliphatic carbocycles. The van der Waals surface area contributed by atoms with Gasteiger partial charge in [0.25, 0.3) is 0 Å². The normalized spacial score (nSPS) is 16.6. The number of hydrogen-bond donors (Lipinski definition) is 1. The standard InChI is InChI=1S/C14H19NO4/c1-14(9-15,8-13(16)17-2)10-3-4-11-12(7-10)19-6-5-18-11/h3-4,7H,5-6,8-9,15H2,1-2H3. The average molecular weight is 265 g/mol. The highest BCUT2D eigenvalue weighted by atomic mass is 16.6. The topological polar surface area (TPSA) is 70.8 Å². The Morgan fingerprint density at radius 1 is 1.37 bits per heavy atom. The summed E-state index contributed by atoms with van der Waals surface area (Å²) in [5.41, 5.74) is 6.32. The van der Waals surface area contributed by atoms with Gasteiger partial charge in [-0.3, -0.25) is 4.79 Å². The molecule has 2 rings (SSSR count). The van der Waals surface area contributed by atoms with Crippen molar-refractivity contribution in [2.24, 2.45) is 5.73 Å². The maximum absolute atomic E-state index is 11.5. The van der Waals surface area contributed by atoms with Gasteiger partial charge in [-0.2, -0.15) is 0 Å². The fraction of sp³-hybridized carbons (Fsp3) is 0.500. The quantitative estimate of drug-likeness (QED) is 0.829. The SMILES string of the molecule is COC(=O)CC(C)(CN)c1ccc2c(c1)OCCO2. The fourth-order valence-corrected chi connectivity index (χ4v) is 2.10. The molecule has 1 atom stereocenters. The smallest absolute Gasteiger partial charge is 0.306 e. The van der Waals surface area contributed by atoms with Crippen LogP contribution < -0.4 is 15.2 Å². The van der Waals surface area contributed by atoms with E-state index in [4.69, 9.17) is 19.9 Å². The van der Waals surface area contributed by atoms with E-state index in [1.807, 2.05) is 25.1 Å². The summed E-state index contributed by atoms with van der Waals surface area (Å²) in [5, 5.41) is 0. The number of carbonyl (C=O) groups excluding carboxylic acids is 1. The predicted molar refractivity (Wildman–Crippen MR) is 70.5 cm³/mol. The second kappa shape index (κ2) is 5.48. The van der Waals surface area contributed by atoms with Crippen LogP contribution in [0.2, 0.25) is 0 Å². The van der Waals surface area contributed by atoms with Crippen molar-refractivity contribution in [3.05, 3.63) is 23.8 Å². The predicted octanol–water partition coefficient (Wildman–Crippen LogP) is 1.24. The van der Waals surface area contributed by atoms with E-state index in [-0.39, 0.29) is 12.4 Å². The van der Waals surface area contributed by atoms with E-state index in [9.17, 15) is 4.79 Å². The first-order chi connectivity index (χ1) is 9.09. The molecule has 0 saturated carbocycles. The fourth-order valence-electron chi connectivity index (χ4n) is 2.10. The number of benzene rings is 1. The molecule has 1 heterocycles. The number of esters is 1. The molecule has 1 unspecified atom stereocenters. The maximum Gasteiger partial charge on any atom is 0.306 e. The Hall–Kier alpha value is -1.75. The molecular weight excluding hydrogens is 246 g/mol. The minimum atomic E-state index is -0.469. The van der Waals surface area contributed by atoms with E-state index in [1.54, 1.807) is 0 Å². The Morgan fingerprint density at radius 3 is 2.68 bits per heavy atom. The molecule has 0 bridgehead atoms. The van der Waals surface area contributed by atoms with Gasteiger partial charge in [-0.25, -0.2) is 0 Å². The molecule has 5 nitrogen and oxygen atoms in total. The summed E-state index contributed by atoms with van der Waals surface area (Å²) in [6.45, 7) is 3.38. The Bertz CT molecular complexity index is 475. The lowest BCUT2D eigenvalue weighted by atomic mass is 9.79. The highest BCUT2D eigenvalue weighted by Crippen LogP contribution is 2.36. The van der Waals surface area contributed by atoms with Crippen LogP contribution in [-0.2, 0) is 14.9 Å². The molecule has 0 spiro atoms. The van der Waals surface area contributed by atoms with Gasteiger partial charge < -0.3 is 19.9 Å². The molecule has 2 N–H and O–H groups in total. The Balaban J connectivity index is 2.30. The summed E-state index contributed by atoms with van der Waals surface area (Å²) in [7, 11) is 1.38. The van der Waals surface area contributed by atoms with Gasteiger partial charge >= 0.3 is 5.97 Å². The van der Waals surface area contributed by atoms with Crippen molar-refractivity contribution < 1.29 is 19.0 Å². The molecule has 104 valence electrons. The first-order valence-corrected chi connectivity index (χ1v) is 6.26. The van der Waals surface area contributed by atoms with Crippen molar-refractivity contribution in [2.45, 2.75) is 18.8 Å². The number of hydrogen-bond acceptors (Lipinski definition) is 5. The highest BCUT2D eigenvalue weighted by Gasteiger charge is 2.30. The lowest BCUT2D eigenvalue weighted by molar-refractivity contribution is -0.141. The molecule has 1 aromatic rings. The van der Waals surface area contributed by atoms with Crippen LogP contribution >= 0.6 is 0 Å². The lowest BCUT2D eigenvalue weighted by Crippen LogP contribution is -2.35. The van der Waals surface area contributed by atoms with Crippen LogP contribution in [0.1, 0.15) is 18.9 Å². The van der Waals surface area contributed by atoms with Crippen LogP contribution in [0, 0.1) is 0 Å². The summed E-state index contributed by atoms with van der Waals surface area (Å²) in [6, 6.07) is 5.67.